The largest absolute Gasteiger partial charge is 0.311 e. The molecule has 5 nitrogen and oxygen atoms in total. The Hall–Kier alpha value is -7.67. The van der Waals surface area contributed by atoms with E-state index in [9.17, 15) is 0 Å². The van der Waals surface area contributed by atoms with Gasteiger partial charge < -0.3 is 9.80 Å². The summed E-state index contributed by atoms with van der Waals surface area (Å²) >= 11 is 0. The van der Waals surface area contributed by atoms with Gasteiger partial charge in [-0.15, -0.1) is 12.8 Å². The molecule has 0 unspecified atom stereocenters. The number of aromatic nitrogens is 3. The van der Waals surface area contributed by atoms with Crippen LogP contribution in [-0.2, 0) is 0 Å². The van der Waals surface area contributed by atoms with Crippen LogP contribution in [0.4, 0.5) is 34.1 Å². The third-order valence-electron chi connectivity index (χ3n) is 10.4. The van der Waals surface area contributed by atoms with Crippen LogP contribution in [0.25, 0.3) is 34.2 Å². The number of fused-ring (bicyclic) bond motifs is 4. The third kappa shape index (κ3) is 5.36. The van der Waals surface area contributed by atoms with E-state index in [1.165, 1.54) is 5.46 Å². The van der Waals surface area contributed by atoms with Crippen LogP contribution in [-0.4, -0.2) is 21.7 Å². The van der Waals surface area contributed by atoms with Crippen molar-refractivity contribution in [1.29, 1.82) is 0 Å². The van der Waals surface area contributed by atoms with Crippen LogP contribution < -0.4 is 26.2 Å². The first-order valence-corrected chi connectivity index (χ1v) is 18.2. The lowest BCUT2D eigenvalue weighted by Crippen LogP contribution is -2.61. The second-order valence-electron chi connectivity index (χ2n) is 13.6. The lowest BCUT2D eigenvalue weighted by atomic mass is 9.33. The molecule has 0 spiro atoms. The van der Waals surface area contributed by atoms with Crippen LogP contribution in [0.5, 0.6) is 0 Å². The maximum absolute atomic E-state index is 6.06. The van der Waals surface area contributed by atoms with E-state index < -0.39 is 0 Å². The molecule has 1 aromatic heterocycles. The highest BCUT2D eigenvalue weighted by molar-refractivity contribution is 7.00. The summed E-state index contributed by atoms with van der Waals surface area (Å²) in [4.78, 5) is 20.0. The van der Waals surface area contributed by atoms with Gasteiger partial charge in [0.05, 0.1) is 0 Å². The van der Waals surface area contributed by atoms with Gasteiger partial charge >= 0.3 is 0 Å². The first-order chi connectivity index (χ1) is 27.2. The molecule has 0 fully saturated rings. The molecule has 2 aliphatic heterocycles. The van der Waals surface area contributed by atoms with Crippen molar-refractivity contribution in [3.8, 4) is 58.9 Å². The van der Waals surface area contributed by atoms with Crippen LogP contribution >= 0.6 is 0 Å². The zero-order valence-electron chi connectivity index (χ0n) is 29.6. The van der Waals surface area contributed by atoms with Gasteiger partial charge in [0.25, 0.3) is 6.71 Å². The van der Waals surface area contributed by atoms with Crippen molar-refractivity contribution in [1.82, 2.24) is 15.0 Å². The Kier molecular flexibility index (Phi) is 7.61. The number of anilines is 6. The molecule has 0 saturated carbocycles. The first kappa shape index (κ1) is 32.0. The fourth-order valence-corrected chi connectivity index (χ4v) is 7.95. The lowest BCUT2D eigenvalue weighted by Gasteiger charge is -2.44. The Bertz CT molecular complexity index is 2660. The zero-order valence-corrected chi connectivity index (χ0v) is 29.6. The molecule has 254 valence electrons. The van der Waals surface area contributed by atoms with Crippen molar-refractivity contribution in [2.45, 2.75) is 0 Å². The number of para-hydroxylation sites is 2. The van der Waals surface area contributed by atoms with Crippen molar-refractivity contribution in [2.24, 2.45) is 0 Å². The van der Waals surface area contributed by atoms with E-state index in [1.54, 1.807) is 0 Å². The number of benzene rings is 7. The molecule has 3 heterocycles. The van der Waals surface area contributed by atoms with Crippen molar-refractivity contribution < 1.29 is 0 Å². The summed E-state index contributed by atoms with van der Waals surface area (Å²) < 4.78 is 0. The standard InChI is InChI=1S/C49H30BN5/c1-3-33-25-27-40-42(29-33)54(38-21-13-7-14-22-38)44-31-37(49-52-47(35-17-9-5-10-18-35)51-48(53-49)36-19-11-6-12-20-36)32-45-46(44)50(40)41-28-26-34(4-2)30-43(41)55(45)39-23-15-8-16-24-39/h1-2,5-32H. The van der Waals surface area contributed by atoms with Gasteiger partial charge in [0, 0.05) is 61.9 Å². The van der Waals surface area contributed by atoms with Gasteiger partial charge in [-0.2, -0.15) is 0 Å². The van der Waals surface area contributed by atoms with Gasteiger partial charge in [-0.1, -0.05) is 121 Å². The Morgan fingerprint density at radius 3 is 1.18 bits per heavy atom. The maximum Gasteiger partial charge on any atom is 0.252 e. The molecular weight excluding hydrogens is 669 g/mol. The van der Waals surface area contributed by atoms with Crippen LogP contribution in [0.3, 0.4) is 0 Å². The predicted octanol–water partition coefficient (Wildman–Crippen LogP) is 8.92. The fourth-order valence-electron chi connectivity index (χ4n) is 7.95. The van der Waals surface area contributed by atoms with Crippen LogP contribution in [0.1, 0.15) is 11.1 Å². The molecular formula is C49H30BN5. The molecule has 10 rings (SSSR count). The lowest BCUT2D eigenvalue weighted by molar-refractivity contribution is 1.07. The predicted molar refractivity (Wildman–Crippen MR) is 226 cm³/mol. The number of hydrogen-bond donors (Lipinski definition) is 0. The first-order valence-electron chi connectivity index (χ1n) is 18.2. The van der Waals surface area contributed by atoms with Gasteiger partial charge in [-0.25, -0.2) is 15.0 Å². The normalized spacial score (nSPS) is 12.2. The van der Waals surface area contributed by atoms with Gasteiger partial charge in [0.2, 0.25) is 0 Å². The molecule has 2 aliphatic rings. The van der Waals surface area contributed by atoms with Gasteiger partial charge in [-0.3, -0.25) is 0 Å². The molecule has 7 aromatic carbocycles. The molecule has 55 heavy (non-hydrogen) atoms. The van der Waals surface area contributed by atoms with E-state index in [1.807, 2.05) is 84.9 Å². The minimum atomic E-state index is -0.110. The summed E-state index contributed by atoms with van der Waals surface area (Å²) in [7, 11) is 0. The molecule has 0 aliphatic carbocycles. The second kappa shape index (κ2) is 13.1. The zero-order chi connectivity index (χ0) is 36.9. The Morgan fingerprint density at radius 1 is 0.400 bits per heavy atom. The summed E-state index contributed by atoms with van der Waals surface area (Å²) in [6, 6.07) is 58.2. The molecule has 8 aromatic rings. The highest BCUT2D eigenvalue weighted by atomic mass is 15.2. The van der Waals surface area contributed by atoms with Crippen LogP contribution in [0.2, 0.25) is 0 Å². The quantitative estimate of drug-likeness (QED) is 0.133. The molecule has 0 bridgehead atoms. The van der Waals surface area contributed by atoms with E-state index in [2.05, 4.69) is 107 Å². The topological polar surface area (TPSA) is 45.2 Å². The smallest absolute Gasteiger partial charge is 0.252 e. The van der Waals surface area contributed by atoms with E-state index in [0.29, 0.717) is 17.5 Å². The number of nitrogens with zero attached hydrogens (tertiary/aromatic N) is 5. The molecule has 0 saturated heterocycles. The summed E-state index contributed by atoms with van der Waals surface area (Å²) in [5.41, 5.74) is 13.9. The van der Waals surface area contributed by atoms with Gasteiger partial charge in [-0.05, 0) is 77.1 Å². The number of terminal acetylenes is 2. The van der Waals surface area contributed by atoms with Crippen molar-refractivity contribution in [2.75, 3.05) is 9.80 Å². The minimum absolute atomic E-state index is 0.110. The van der Waals surface area contributed by atoms with Crippen LogP contribution in [0.15, 0.2) is 170 Å². The minimum Gasteiger partial charge on any atom is -0.311 e. The third-order valence-corrected chi connectivity index (χ3v) is 10.4. The summed E-state index contributed by atoms with van der Waals surface area (Å²) in [6.07, 6.45) is 12.1. The molecule has 0 radical (unpaired) electrons. The summed E-state index contributed by atoms with van der Waals surface area (Å²) in [5, 5.41) is 0. The average molecular weight is 700 g/mol. The highest BCUT2D eigenvalue weighted by Gasteiger charge is 2.44. The second-order valence-corrected chi connectivity index (χ2v) is 13.6. The Morgan fingerprint density at radius 2 is 0.782 bits per heavy atom. The average Bonchev–Trinajstić information content (AvgIpc) is 3.26. The Labute approximate surface area is 320 Å². The van der Waals surface area contributed by atoms with E-state index in [4.69, 9.17) is 27.8 Å². The van der Waals surface area contributed by atoms with Crippen molar-refractivity contribution >= 4 is 57.2 Å². The monoisotopic (exact) mass is 699 g/mol. The molecule has 0 atom stereocenters. The molecule has 6 heteroatoms. The molecule has 0 amide bonds. The van der Waals surface area contributed by atoms with Crippen molar-refractivity contribution in [3.05, 3.63) is 181 Å². The van der Waals surface area contributed by atoms with E-state index in [-0.39, 0.29) is 6.71 Å². The SMILES string of the molecule is C#Cc1ccc2c(c1)N(c1ccccc1)c1cc(-c3nc(-c4ccccc4)nc(-c4ccccc4)n3)cc3c1B2c1ccc(C#C)cc1N3c1ccccc1. The van der Waals surface area contributed by atoms with Crippen LogP contribution in [0, 0.1) is 24.7 Å². The molecule has 0 N–H and O–H groups in total. The van der Waals surface area contributed by atoms with Gasteiger partial charge in [0.15, 0.2) is 17.5 Å². The fraction of sp³-hybridized carbons (Fsp3) is 0. The number of rotatable bonds is 5. The summed E-state index contributed by atoms with van der Waals surface area (Å²) in [5.74, 6) is 7.54. The van der Waals surface area contributed by atoms with E-state index >= 15 is 0 Å². The highest BCUT2D eigenvalue weighted by Crippen LogP contribution is 2.46. The van der Waals surface area contributed by atoms with E-state index in [0.717, 1.165) is 72.9 Å². The summed E-state index contributed by atoms with van der Waals surface area (Å²) in [6.45, 7) is -0.110. The van der Waals surface area contributed by atoms with Crippen molar-refractivity contribution in [3.63, 3.8) is 0 Å². The Balaban J connectivity index is 1.33. The van der Waals surface area contributed by atoms with Gasteiger partial charge in [0.1, 0.15) is 0 Å². The number of hydrogen-bond acceptors (Lipinski definition) is 5. The maximum atomic E-state index is 6.06.